The summed E-state index contributed by atoms with van der Waals surface area (Å²) in [5.74, 6) is 0. The van der Waals surface area contributed by atoms with Crippen molar-refractivity contribution in [3.05, 3.63) is 205 Å². The van der Waals surface area contributed by atoms with Gasteiger partial charge in [-0.25, -0.2) is 0 Å². The summed E-state index contributed by atoms with van der Waals surface area (Å²) < 4.78 is 9.16. The Morgan fingerprint density at radius 2 is 1.09 bits per heavy atom. The van der Waals surface area contributed by atoms with Crippen LogP contribution in [0.1, 0.15) is 25.0 Å². The molecule has 0 radical (unpaired) electrons. The Balaban J connectivity index is 1.04. The van der Waals surface area contributed by atoms with E-state index in [4.69, 9.17) is 4.42 Å². The second-order valence-corrected chi connectivity index (χ2v) is 16.2. The quantitative estimate of drug-likeness (QED) is 0.175. The molecule has 58 heavy (non-hydrogen) atoms. The fraction of sp³-hybridized carbons (Fsp3) is 0.0545. The molecule has 0 spiro atoms. The van der Waals surface area contributed by atoms with E-state index in [2.05, 4.69) is 217 Å². The van der Waals surface area contributed by atoms with Crippen molar-refractivity contribution in [3.63, 3.8) is 0 Å². The van der Waals surface area contributed by atoms with Gasteiger partial charge in [-0.2, -0.15) is 0 Å². The molecule has 274 valence electrons. The first-order chi connectivity index (χ1) is 28.5. The van der Waals surface area contributed by atoms with E-state index in [-0.39, 0.29) is 5.41 Å². The van der Waals surface area contributed by atoms with Crippen LogP contribution >= 0.6 is 0 Å². The maximum atomic E-state index is 6.73. The van der Waals surface area contributed by atoms with E-state index in [9.17, 15) is 0 Å². The van der Waals surface area contributed by atoms with Crippen LogP contribution in [0, 0.1) is 0 Å². The Hall–Kier alpha value is -7.36. The summed E-state index contributed by atoms with van der Waals surface area (Å²) in [7, 11) is 0. The lowest BCUT2D eigenvalue weighted by Crippen LogP contribution is -2.16. The SMILES string of the molecule is CC1(C)c2ccccc2-c2ccc(N(c3ccccc3)c3ccc(-c4cc(-n5c6ccccc6c6cc7ccccc7cc65)cc5c4oc4ccccc45)cc3)cc21. The highest BCUT2D eigenvalue weighted by molar-refractivity contribution is 6.15. The van der Waals surface area contributed by atoms with Gasteiger partial charge in [-0.05, 0) is 111 Å². The second kappa shape index (κ2) is 12.3. The normalized spacial score (nSPS) is 13.1. The number of aromatic nitrogens is 1. The molecule has 3 nitrogen and oxygen atoms in total. The van der Waals surface area contributed by atoms with E-state index >= 15 is 0 Å². The molecule has 9 aromatic carbocycles. The average molecular weight is 743 g/mol. The fourth-order valence-electron chi connectivity index (χ4n) is 9.73. The molecule has 0 atom stereocenters. The average Bonchev–Trinajstić information content (AvgIpc) is 3.88. The summed E-state index contributed by atoms with van der Waals surface area (Å²) in [5.41, 5.74) is 16.0. The standard InChI is InChI=1S/C55H38N2O/c1-55(2)49-21-11-8-18-42(49)43-29-28-40(34-50(43)55)56(38-16-4-3-5-17-38)39-26-24-35(25-27-39)46-32-41(33-48-45-20-10-13-23-53(45)58-54(46)48)57-51-22-12-9-19-44(51)47-30-36-14-6-7-15-37(36)31-52(47)57/h3-34H,1-2H3. The van der Waals surface area contributed by atoms with Crippen LogP contribution in [0.15, 0.2) is 199 Å². The lowest BCUT2D eigenvalue weighted by molar-refractivity contribution is 0.660. The summed E-state index contributed by atoms with van der Waals surface area (Å²) in [6.45, 7) is 4.69. The molecule has 0 fully saturated rings. The van der Waals surface area contributed by atoms with Crippen LogP contribution < -0.4 is 4.90 Å². The molecule has 0 unspecified atom stereocenters. The molecule has 2 aromatic heterocycles. The first kappa shape index (κ1) is 32.8. The minimum Gasteiger partial charge on any atom is -0.455 e. The third-order valence-corrected chi connectivity index (χ3v) is 12.5. The topological polar surface area (TPSA) is 21.3 Å². The highest BCUT2D eigenvalue weighted by Gasteiger charge is 2.35. The molecule has 12 rings (SSSR count). The van der Waals surface area contributed by atoms with Crippen LogP contribution in [0.25, 0.3) is 82.5 Å². The number of anilines is 3. The Morgan fingerprint density at radius 3 is 1.93 bits per heavy atom. The molecule has 11 aromatic rings. The van der Waals surface area contributed by atoms with Crippen LogP contribution in [0.4, 0.5) is 17.1 Å². The van der Waals surface area contributed by atoms with Gasteiger partial charge in [-0.1, -0.05) is 135 Å². The van der Waals surface area contributed by atoms with Crippen LogP contribution in [0.5, 0.6) is 0 Å². The molecule has 0 amide bonds. The highest BCUT2D eigenvalue weighted by atomic mass is 16.3. The molecule has 1 aliphatic rings. The molecule has 0 saturated carbocycles. The van der Waals surface area contributed by atoms with Gasteiger partial charge < -0.3 is 13.9 Å². The van der Waals surface area contributed by atoms with E-state index < -0.39 is 0 Å². The predicted octanol–water partition coefficient (Wildman–Crippen LogP) is 15.3. The van der Waals surface area contributed by atoms with E-state index in [1.807, 2.05) is 0 Å². The van der Waals surface area contributed by atoms with E-state index in [0.29, 0.717) is 0 Å². The summed E-state index contributed by atoms with van der Waals surface area (Å²) >= 11 is 0. The van der Waals surface area contributed by atoms with Crippen LogP contribution in [-0.4, -0.2) is 4.57 Å². The predicted molar refractivity (Wildman–Crippen MR) is 243 cm³/mol. The van der Waals surface area contributed by atoms with E-state index in [0.717, 1.165) is 55.8 Å². The highest BCUT2D eigenvalue weighted by Crippen LogP contribution is 2.51. The van der Waals surface area contributed by atoms with Crippen molar-refractivity contribution in [1.29, 1.82) is 0 Å². The van der Waals surface area contributed by atoms with Crippen molar-refractivity contribution in [2.24, 2.45) is 0 Å². The van der Waals surface area contributed by atoms with E-state index in [1.165, 1.54) is 54.8 Å². The van der Waals surface area contributed by atoms with Gasteiger partial charge in [0, 0.05) is 55.3 Å². The van der Waals surface area contributed by atoms with Gasteiger partial charge in [-0.15, -0.1) is 0 Å². The van der Waals surface area contributed by atoms with Gasteiger partial charge in [0.05, 0.1) is 11.0 Å². The number of hydrogen-bond donors (Lipinski definition) is 0. The van der Waals surface area contributed by atoms with Gasteiger partial charge >= 0.3 is 0 Å². The third-order valence-electron chi connectivity index (χ3n) is 12.5. The number of hydrogen-bond acceptors (Lipinski definition) is 2. The summed E-state index contributed by atoms with van der Waals surface area (Å²) in [5, 5.41) is 7.17. The van der Waals surface area contributed by atoms with Crippen molar-refractivity contribution < 1.29 is 4.42 Å². The molecule has 0 aliphatic heterocycles. The van der Waals surface area contributed by atoms with E-state index in [1.54, 1.807) is 0 Å². The molecular weight excluding hydrogens is 705 g/mol. The number of fused-ring (bicyclic) bond motifs is 10. The Kier molecular flexibility index (Phi) is 6.98. The summed E-state index contributed by atoms with van der Waals surface area (Å²) in [4.78, 5) is 2.37. The van der Waals surface area contributed by atoms with Gasteiger partial charge in [-0.3, -0.25) is 0 Å². The van der Waals surface area contributed by atoms with Crippen LogP contribution in [0.3, 0.4) is 0 Å². The molecule has 2 heterocycles. The van der Waals surface area contributed by atoms with Gasteiger partial charge in [0.1, 0.15) is 11.2 Å². The van der Waals surface area contributed by atoms with Crippen LogP contribution in [0.2, 0.25) is 0 Å². The van der Waals surface area contributed by atoms with Crippen LogP contribution in [-0.2, 0) is 5.41 Å². The van der Waals surface area contributed by atoms with Gasteiger partial charge in [0.25, 0.3) is 0 Å². The first-order valence-electron chi connectivity index (χ1n) is 20.1. The number of para-hydroxylation sites is 3. The lowest BCUT2D eigenvalue weighted by Gasteiger charge is -2.28. The van der Waals surface area contributed by atoms with Gasteiger partial charge in [0.2, 0.25) is 0 Å². The molecule has 0 saturated heterocycles. The molecule has 0 bridgehead atoms. The monoisotopic (exact) mass is 742 g/mol. The molecule has 3 heteroatoms. The minimum atomic E-state index is -0.0966. The Bertz CT molecular complexity index is 3420. The third kappa shape index (κ3) is 4.80. The zero-order chi connectivity index (χ0) is 38.5. The number of rotatable bonds is 5. The zero-order valence-electron chi connectivity index (χ0n) is 32.3. The summed E-state index contributed by atoms with van der Waals surface area (Å²) in [6.07, 6.45) is 0. The Labute approximate surface area is 336 Å². The second-order valence-electron chi connectivity index (χ2n) is 16.2. The van der Waals surface area contributed by atoms with Crippen molar-refractivity contribution in [3.8, 4) is 27.9 Å². The number of furan rings is 1. The number of nitrogens with zero attached hydrogens (tertiary/aromatic N) is 2. The maximum absolute atomic E-state index is 6.73. The molecule has 1 aliphatic carbocycles. The lowest BCUT2D eigenvalue weighted by atomic mass is 9.82. The smallest absolute Gasteiger partial charge is 0.143 e. The Morgan fingerprint density at radius 1 is 0.431 bits per heavy atom. The number of benzene rings is 9. The first-order valence-corrected chi connectivity index (χ1v) is 20.1. The zero-order valence-corrected chi connectivity index (χ0v) is 32.3. The minimum absolute atomic E-state index is 0.0966. The fourth-order valence-corrected chi connectivity index (χ4v) is 9.73. The van der Waals surface area contributed by atoms with Crippen molar-refractivity contribution in [2.75, 3.05) is 4.90 Å². The van der Waals surface area contributed by atoms with Crippen molar-refractivity contribution in [1.82, 2.24) is 4.57 Å². The maximum Gasteiger partial charge on any atom is 0.143 e. The van der Waals surface area contributed by atoms with Gasteiger partial charge in [0.15, 0.2) is 0 Å². The van der Waals surface area contributed by atoms with Crippen molar-refractivity contribution in [2.45, 2.75) is 19.3 Å². The molecule has 0 N–H and O–H groups in total. The molecular formula is C55H38N2O. The van der Waals surface area contributed by atoms with Crippen molar-refractivity contribution >= 4 is 71.6 Å². The summed E-state index contributed by atoms with van der Waals surface area (Å²) in [6, 6.07) is 70.6. The largest absolute Gasteiger partial charge is 0.455 e.